The van der Waals surface area contributed by atoms with E-state index in [1.807, 2.05) is 86.6 Å². The minimum atomic E-state index is 0. The topological polar surface area (TPSA) is 26.3 Å². The predicted molar refractivity (Wildman–Crippen MR) is 101 cm³/mol. The van der Waals surface area contributed by atoms with Crippen LogP contribution < -0.4 is 28.9 Å². The maximum atomic E-state index is 12.6. The first-order chi connectivity index (χ1) is 11.6. The molecule has 0 radical (unpaired) electrons. The Balaban J connectivity index is 0.00000225. The molecule has 3 rings (SSSR count). The number of carbonyl (C=O) groups excluding carboxylic acids is 1. The normalized spacial score (nSPS) is 10.5. The molecule has 0 N–H and O–H groups in total. The number of benzene rings is 3. The van der Waals surface area contributed by atoms with Gasteiger partial charge in [-0.3, -0.25) is 4.79 Å². The molecule has 0 fully saturated rings. The largest absolute Gasteiger partial charge is 1.00 e. The Bertz CT molecular complexity index is 825. The van der Waals surface area contributed by atoms with Crippen LogP contribution >= 0.6 is 8.58 Å². The van der Waals surface area contributed by atoms with Gasteiger partial charge in [-0.15, -0.1) is 0 Å². The Morgan fingerprint density at radius 2 is 1.32 bits per heavy atom. The van der Waals surface area contributed by atoms with Gasteiger partial charge in [0.1, 0.15) is 11.5 Å². The molecule has 0 saturated heterocycles. The van der Waals surface area contributed by atoms with Gasteiger partial charge in [0, 0.05) is 5.56 Å². The van der Waals surface area contributed by atoms with Crippen LogP contribution in [0, 0.1) is 13.8 Å². The quantitative estimate of drug-likeness (QED) is 0.526. The third kappa shape index (κ3) is 5.07. The molecule has 1 atom stereocenters. The average molecular weight is 341 g/mol. The van der Waals surface area contributed by atoms with Crippen LogP contribution in [0.3, 0.4) is 0 Å². The summed E-state index contributed by atoms with van der Waals surface area (Å²) in [6, 6.07) is 23.4. The number of aryl methyl sites for hydroxylation is 2. The van der Waals surface area contributed by atoms with E-state index in [0.717, 1.165) is 33.5 Å². The van der Waals surface area contributed by atoms with E-state index in [1.54, 1.807) is 0 Å². The van der Waals surface area contributed by atoms with Gasteiger partial charge >= 0.3 is 18.9 Å². The number of carbonyl (C=O) groups is 1. The van der Waals surface area contributed by atoms with Gasteiger partial charge in [0.15, 0.2) is 5.52 Å². The fraction of sp³-hybridized carbons (Fsp3) is 0.0952. The zero-order valence-electron chi connectivity index (χ0n) is 14.7. The van der Waals surface area contributed by atoms with Gasteiger partial charge in [0.05, 0.1) is 0 Å². The molecule has 0 amide bonds. The second kappa shape index (κ2) is 9.02. The SMILES string of the molecule is Cc1cccc(C)c1C(=O)Pc1ccc(Oc2ccccc2)cc1.[Li+]. The van der Waals surface area contributed by atoms with Gasteiger partial charge in [0.2, 0.25) is 0 Å². The first-order valence-electron chi connectivity index (χ1n) is 7.84. The Hall–Kier alpha value is -1.84. The Labute approximate surface area is 162 Å². The molecule has 0 heterocycles. The van der Waals surface area contributed by atoms with Gasteiger partial charge in [0.25, 0.3) is 0 Å². The van der Waals surface area contributed by atoms with Crippen molar-refractivity contribution in [3.05, 3.63) is 89.5 Å². The second-order valence-electron chi connectivity index (χ2n) is 5.66. The molecule has 0 saturated carbocycles. The van der Waals surface area contributed by atoms with Crippen LogP contribution in [0.4, 0.5) is 0 Å². The second-order valence-corrected chi connectivity index (χ2v) is 6.94. The van der Waals surface area contributed by atoms with Crippen LogP contribution in [0.2, 0.25) is 0 Å². The van der Waals surface area contributed by atoms with Crippen LogP contribution in [0.15, 0.2) is 72.8 Å². The minimum absolute atomic E-state index is 0. The predicted octanol–water partition coefficient (Wildman–Crippen LogP) is 2.24. The van der Waals surface area contributed by atoms with E-state index in [4.69, 9.17) is 4.74 Å². The van der Waals surface area contributed by atoms with E-state index >= 15 is 0 Å². The maximum Gasteiger partial charge on any atom is 1.00 e. The molecule has 0 aliphatic rings. The van der Waals surface area contributed by atoms with Gasteiger partial charge < -0.3 is 4.74 Å². The standard InChI is InChI=1S/C21H19O2P.Li/c1-15-7-6-8-16(2)20(15)21(22)24-19-13-11-18(12-14-19)23-17-9-4-3-5-10-17;/h3-14,24H,1-2H3;/q;+1. The van der Waals surface area contributed by atoms with Gasteiger partial charge in [-0.25, -0.2) is 0 Å². The number of hydrogen-bond donors (Lipinski definition) is 0. The first-order valence-corrected chi connectivity index (χ1v) is 8.84. The molecule has 3 aromatic carbocycles. The summed E-state index contributed by atoms with van der Waals surface area (Å²) < 4.78 is 5.78. The molecule has 2 nitrogen and oxygen atoms in total. The summed E-state index contributed by atoms with van der Waals surface area (Å²) in [5.41, 5.74) is 3.11. The van der Waals surface area contributed by atoms with Crippen LogP contribution in [0.1, 0.15) is 21.5 Å². The Morgan fingerprint density at radius 1 is 0.760 bits per heavy atom. The zero-order valence-corrected chi connectivity index (χ0v) is 15.7. The minimum Gasteiger partial charge on any atom is -0.457 e. The summed E-state index contributed by atoms with van der Waals surface area (Å²) in [4.78, 5) is 12.6. The smallest absolute Gasteiger partial charge is 0.457 e. The number of para-hydroxylation sites is 1. The molecule has 25 heavy (non-hydrogen) atoms. The van der Waals surface area contributed by atoms with Crippen LogP contribution in [-0.2, 0) is 0 Å². The van der Waals surface area contributed by atoms with E-state index in [2.05, 4.69) is 0 Å². The first kappa shape index (κ1) is 19.5. The Morgan fingerprint density at radius 3 is 1.92 bits per heavy atom. The van der Waals surface area contributed by atoms with Crippen molar-refractivity contribution in [2.24, 2.45) is 0 Å². The summed E-state index contributed by atoms with van der Waals surface area (Å²) in [6.45, 7) is 3.98. The number of ether oxygens (including phenoxy) is 1. The molecule has 0 aliphatic heterocycles. The molecule has 0 spiro atoms. The molecule has 0 aromatic heterocycles. The summed E-state index contributed by atoms with van der Waals surface area (Å²) in [5, 5.41) is 1.02. The van der Waals surface area contributed by atoms with E-state index in [0.29, 0.717) is 0 Å². The summed E-state index contributed by atoms with van der Waals surface area (Å²) in [5.74, 6) is 1.58. The molecule has 1 unspecified atom stereocenters. The molecule has 4 heteroatoms. The monoisotopic (exact) mass is 341 g/mol. The van der Waals surface area contributed by atoms with Gasteiger partial charge in [-0.2, -0.15) is 0 Å². The van der Waals surface area contributed by atoms with Crippen molar-refractivity contribution in [2.75, 3.05) is 0 Å². The third-order valence-electron chi connectivity index (χ3n) is 3.80. The van der Waals surface area contributed by atoms with Crippen molar-refractivity contribution in [1.82, 2.24) is 0 Å². The summed E-state index contributed by atoms with van der Waals surface area (Å²) in [7, 11) is 0.118. The van der Waals surface area contributed by atoms with Crippen molar-refractivity contribution in [1.29, 1.82) is 0 Å². The van der Waals surface area contributed by atoms with Crippen LogP contribution in [0.25, 0.3) is 0 Å². The van der Waals surface area contributed by atoms with Crippen molar-refractivity contribution in [3.8, 4) is 11.5 Å². The molecular weight excluding hydrogens is 322 g/mol. The average Bonchev–Trinajstić information content (AvgIpc) is 2.57. The van der Waals surface area contributed by atoms with E-state index in [1.165, 1.54) is 0 Å². The Kier molecular flexibility index (Phi) is 7.03. The molecule has 3 aromatic rings. The van der Waals surface area contributed by atoms with E-state index < -0.39 is 0 Å². The van der Waals surface area contributed by atoms with Crippen molar-refractivity contribution < 1.29 is 28.4 Å². The van der Waals surface area contributed by atoms with Gasteiger partial charge in [-0.05, 0) is 63.1 Å². The van der Waals surface area contributed by atoms with Crippen molar-refractivity contribution >= 4 is 19.4 Å². The molecule has 0 bridgehead atoms. The van der Waals surface area contributed by atoms with Crippen LogP contribution in [-0.4, -0.2) is 5.52 Å². The van der Waals surface area contributed by atoms with Crippen molar-refractivity contribution in [2.45, 2.75) is 13.8 Å². The van der Waals surface area contributed by atoms with Gasteiger partial charge in [-0.1, -0.05) is 48.5 Å². The molecular formula is C21H19LiO2P+. The van der Waals surface area contributed by atoms with E-state index in [9.17, 15) is 4.79 Å². The van der Waals surface area contributed by atoms with Crippen molar-refractivity contribution in [3.63, 3.8) is 0 Å². The molecule has 0 aliphatic carbocycles. The summed E-state index contributed by atoms with van der Waals surface area (Å²) in [6.07, 6.45) is 0. The summed E-state index contributed by atoms with van der Waals surface area (Å²) >= 11 is 0. The van der Waals surface area contributed by atoms with E-state index in [-0.39, 0.29) is 33.0 Å². The number of rotatable bonds is 5. The fourth-order valence-corrected chi connectivity index (χ4v) is 3.71. The molecule has 120 valence electrons. The zero-order chi connectivity index (χ0) is 16.9. The fourth-order valence-electron chi connectivity index (χ4n) is 2.60. The maximum absolute atomic E-state index is 12.6. The van der Waals surface area contributed by atoms with Crippen LogP contribution in [0.5, 0.6) is 11.5 Å². The third-order valence-corrected chi connectivity index (χ3v) is 4.90. The number of hydrogen-bond acceptors (Lipinski definition) is 2.